The topological polar surface area (TPSA) is 62.3 Å². The highest BCUT2D eigenvalue weighted by Gasteiger charge is 2.36. The Labute approximate surface area is 155 Å². The Kier molecular flexibility index (Phi) is 4.28. The molecule has 0 saturated carbocycles. The number of hydrogen-bond acceptors (Lipinski definition) is 4. The molecule has 1 aliphatic carbocycles. The summed E-state index contributed by atoms with van der Waals surface area (Å²) in [7, 11) is -3.41. The van der Waals surface area contributed by atoms with E-state index in [0.29, 0.717) is 18.9 Å². The number of nitrogens with one attached hydrogen (secondary N) is 1. The molecule has 1 saturated heterocycles. The predicted octanol–water partition coefficient (Wildman–Crippen LogP) is 3.70. The lowest BCUT2D eigenvalue weighted by atomic mass is 9.86. The van der Waals surface area contributed by atoms with E-state index < -0.39 is 10.0 Å². The molecule has 1 fully saturated rings. The van der Waals surface area contributed by atoms with Gasteiger partial charge < -0.3 is 5.32 Å². The molecular weight excluding hydrogens is 346 g/mol. The zero-order valence-electron chi connectivity index (χ0n) is 15.3. The first-order valence-corrected chi connectivity index (χ1v) is 10.6. The van der Waals surface area contributed by atoms with Crippen LogP contribution in [0.25, 0.3) is 0 Å². The maximum Gasteiger partial charge on any atom is 0.244 e. The summed E-state index contributed by atoms with van der Waals surface area (Å²) in [5.74, 6) is 0.711. The monoisotopic (exact) mass is 371 g/mol. The van der Waals surface area contributed by atoms with Gasteiger partial charge in [0.05, 0.1) is 6.04 Å². The Balaban J connectivity index is 1.54. The van der Waals surface area contributed by atoms with Crippen molar-refractivity contribution in [2.75, 3.05) is 18.4 Å². The average Bonchev–Trinajstić information content (AvgIpc) is 3.24. The van der Waals surface area contributed by atoms with Crippen LogP contribution in [0.3, 0.4) is 0 Å². The molecule has 4 rings (SSSR count). The van der Waals surface area contributed by atoms with Crippen LogP contribution in [-0.2, 0) is 15.4 Å². The fraction of sp³-hybridized carbons (Fsp3) is 0.450. The molecule has 1 aromatic heterocycles. The molecule has 0 spiro atoms. The first-order valence-electron chi connectivity index (χ1n) is 9.20. The second kappa shape index (κ2) is 6.35. The number of pyridine rings is 1. The first-order chi connectivity index (χ1) is 12.4. The number of hydrogen-bond donors (Lipinski definition) is 1. The lowest BCUT2D eigenvalue weighted by molar-refractivity contribution is 0.477. The van der Waals surface area contributed by atoms with Gasteiger partial charge in [-0.15, -0.1) is 0 Å². The minimum Gasteiger partial charge on any atom is -0.363 e. The van der Waals surface area contributed by atoms with Crippen molar-refractivity contribution in [2.45, 2.75) is 49.5 Å². The van der Waals surface area contributed by atoms with Gasteiger partial charge in [-0.3, -0.25) is 0 Å². The van der Waals surface area contributed by atoms with Crippen LogP contribution in [-0.4, -0.2) is 30.8 Å². The quantitative estimate of drug-likeness (QED) is 0.890. The molecule has 1 aliphatic heterocycles. The zero-order chi connectivity index (χ0) is 18.4. The number of sulfonamides is 1. The third-order valence-electron chi connectivity index (χ3n) is 5.54. The first kappa shape index (κ1) is 17.5. The highest BCUT2D eigenvalue weighted by molar-refractivity contribution is 7.89. The molecule has 0 bridgehead atoms. The van der Waals surface area contributed by atoms with E-state index in [1.54, 1.807) is 16.4 Å². The molecule has 1 unspecified atom stereocenters. The molecule has 1 aromatic carbocycles. The molecule has 26 heavy (non-hydrogen) atoms. The van der Waals surface area contributed by atoms with Gasteiger partial charge in [0.2, 0.25) is 10.0 Å². The van der Waals surface area contributed by atoms with Crippen LogP contribution in [0.1, 0.15) is 50.3 Å². The molecule has 0 amide bonds. The van der Waals surface area contributed by atoms with Crippen LogP contribution in [0.4, 0.5) is 5.82 Å². The van der Waals surface area contributed by atoms with E-state index in [0.717, 1.165) is 19.3 Å². The summed E-state index contributed by atoms with van der Waals surface area (Å²) in [6, 6.07) is 12.1. The molecule has 5 nitrogen and oxygen atoms in total. The second-order valence-electron chi connectivity index (χ2n) is 7.86. The van der Waals surface area contributed by atoms with E-state index in [1.807, 2.05) is 0 Å². The van der Waals surface area contributed by atoms with Crippen molar-refractivity contribution >= 4 is 15.8 Å². The SMILES string of the molecule is CC1(C)CC(Nc2ccc(S(=O)(=O)N3CCCC3)cn2)c2ccccc21. The Bertz CT molecular complexity index is 901. The summed E-state index contributed by atoms with van der Waals surface area (Å²) in [5.41, 5.74) is 2.78. The van der Waals surface area contributed by atoms with E-state index in [4.69, 9.17) is 0 Å². The Hall–Kier alpha value is -1.92. The van der Waals surface area contributed by atoms with Crippen LogP contribution in [0.15, 0.2) is 47.5 Å². The fourth-order valence-electron chi connectivity index (χ4n) is 4.15. The minimum absolute atomic E-state index is 0.118. The number of anilines is 1. The molecule has 138 valence electrons. The van der Waals surface area contributed by atoms with E-state index in [1.165, 1.54) is 17.3 Å². The number of fused-ring (bicyclic) bond motifs is 1. The fourth-order valence-corrected chi connectivity index (χ4v) is 5.61. The van der Waals surface area contributed by atoms with Crippen molar-refractivity contribution in [3.63, 3.8) is 0 Å². The third-order valence-corrected chi connectivity index (χ3v) is 7.42. The maximum absolute atomic E-state index is 12.6. The highest BCUT2D eigenvalue weighted by Crippen LogP contribution is 2.45. The van der Waals surface area contributed by atoms with Crippen molar-refractivity contribution in [3.05, 3.63) is 53.7 Å². The van der Waals surface area contributed by atoms with Gasteiger partial charge in [-0.1, -0.05) is 38.1 Å². The summed E-state index contributed by atoms with van der Waals surface area (Å²) < 4.78 is 26.8. The smallest absolute Gasteiger partial charge is 0.244 e. The van der Waals surface area contributed by atoms with Crippen LogP contribution in [0.2, 0.25) is 0 Å². The van der Waals surface area contributed by atoms with Gasteiger partial charge >= 0.3 is 0 Å². The summed E-state index contributed by atoms with van der Waals surface area (Å²) in [6.07, 6.45) is 4.33. The Morgan fingerprint density at radius 1 is 1.12 bits per heavy atom. The molecule has 2 aromatic rings. The van der Waals surface area contributed by atoms with Crippen LogP contribution in [0, 0.1) is 0 Å². The number of rotatable bonds is 4. The van der Waals surface area contributed by atoms with Gasteiger partial charge in [-0.05, 0) is 47.9 Å². The van der Waals surface area contributed by atoms with Crippen LogP contribution in [0.5, 0.6) is 0 Å². The molecule has 6 heteroatoms. The van der Waals surface area contributed by atoms with Crippen molar-refractivity contribution in [1.82, 2.24) is 9.29 Å². The van der Waals surface area contributed by atoms with E-state index in [2.05, 4.69) is 48.4 Å². The molecule has 1 atom stereocenters. The molecule has 2 aliphatic rings. The van der Waals surface area contributed by atoms with E-state index in [9.17, 15) is 8.42 Å². The Morgan fingerprint density at radius 2 is 1.85 bits per heavy atom. The standard InChI is InChI=1S/C20H25N3O2S/c1-20(2)13-18(16-7-3-4-8-17(16)20)22-19-10-9-15(14-21-19)26(24,25)23-11-5-6-12-23/h3-4,7-10,14,18H,5-6,11-13H2,1-2H3,(H,21,22). The van der Waals surface area contributed by atoms with Crippen LogP contribution >= 0.6 is 0 Å². The van der Waals surface area contributed by atoms with Crippen molar-refractivity contribution in [1.29, 1.82) is 0 Å². The summed E-state index contributed by atoms with van der Waals surface area (Å²) >= 11 is 0. The molecule has 2 heterocycles. The van der Waals surface area contributed by atoms with Gasteiger partial charge in [0, 0.05) is 19.3 Å². The number of aromatic nitrogens is 1. The average molecular weight is 372 g/mol. The summed E-state index contributed by atoms with van der Waals surface area (Å²) in [5, 5.41) is 3.48. The minimum atomic E-state index is -3.41. The molecular formula is C20H25N3O2S. The van der Waals surface area contributed by atoms with Crippen molar-refractivity contribution in [3.8, 4) is 0 Å². The zero-order valence-corrected chi connectivity index (χ0v) is 16.1. The van der Waals surface area contributed by atoms with Gasteiger partial charge in [0.1, 0.15) is 10.7 Å². The Morgan fingerprint density at radius 3 is 2.54 bits per heavy atom. The van der Waals surface area contributed by atoms with Gasteiger partial charge in [-0.25, -0.2) is 13.4 Å². The summed E-state index contributed by atoms with van der Waals surface area (Å²) in [6.45, 7) is 5.73. The number of nitrogens with zero attached hydrogens (tertiary/aromatic N) is 2. The van der Waals surface area contributed by atoms with E-state index >= 15 is 0 Å². The van der Waals surface area contributed by atoms with Gasteiger partial charge in [0.15, 0.2) is 0 Å². The third kappa shape index (κ3) is 3.01. The van der Waals surface area contributed by atoms with E-state index in [-0.39, 0.29) is 16.4 Å². The van der Waals surface area contributed by atoms with Crippen LogP contribution < -0.4 is 5.32 Å². The predicted molar refractivity (Wildman–Crippen MR) is 103 cm³/mol. The lowest BCUT2D eigenvalue weighted by Gasteiger charge is -2.20. The summed E-state index contributed by atoms with van der Waals surface area (Å²) in [4.78, 5) is 4.66. The lowest BCUT2D eigenvalue weighted by Crippen LogP contribution is -2.28. The van der Waals surface area contributed by atoms with Crippen molar-refractivity contribution < 1.29 is 8.42 Å². The highest BCUT2D eigenvalue weighted by atomic mass is 32.2. The molecule has 1 N–H and O–H groups in total. The largest absolute Gasteiger partial charge is 0.363 e. The second-order valence-corrected chi connectivity index (χ2v) is 9.80. The van der Waals surface area contributed by atoms with Crippen molar-refractivity contribution in [2.24, 2.45) is 0 Å². The van der Waals surface area contributed by atoms with Gasteiger partial charge in [-0.2, -0.15) is 4.31 Å². The normalized spacial score (nSPS) is 22.3. The number of benzene rings is 1. The van der Waals surface area contributed by atoms with Gasteiger partial charge in [0.25, 0.3) is 0 Å². The maximum atomic E-state index is 12.6. The molecule has 0 radical (unpaired) electrons.